The molecule has 32 heavy (non-hydrogen) atoms. The number of hydrogen-bond donors (Lipinski definition) is 1. The van der Waals surface area contributed by atoms with Crippen LogP contribution in [-0.4, -0.2) is 30.5 Å². The Morgan fingerprint density at radius 1 is 0.875 bits per heavy atom. The van der Waals surface area contributed by atoms with Crippen molar-refractivity contribution < 1.29 is 4.79 Å². The SMILES string of the molecule is O=C(Nc1cnn(-c2ccccc2Cl)c1)c1cn(-c2ccccc2)nc1-c1cccnc1. The highest BCUT2D eigenvalue weighted by Crippen LogP contribution is 2.25. The number of benzene rings is 2. The summed E-state index contributed by atoms with van der Waals surface area (Å²) in [6.45, 7) is 0. The molecule has 0 aliphatic rings. The van der Waals surface area contributed by atoms with Gasteiger partial charge in [0, 0.05) is 24.2 Å². The van der Waals surface area contributed by atoms with E-state index >= 15 is 0 Å². The first-order valence-electron chi connectivity index (χ1n) is 9.85. The summed E-state index contributed by atoms with van der Waals surface area (Å²) in [6.07, 6.45) is 8.37. The number of carbonyl (C=O) groups excluding carboxylic acids is 1. The van der Waals surface area contributed by atoms with E-state index in [1.165, 1.54) is 0 Å². The van der Waals surface area contributed by atoms with E-state index in [9.17, 15) is 4.79 Å². The maximum absolute atomic E-state index is 13.2. The molecule has 0 aliphatic carbocycles. The number of anilines is 1. The second-order valence-corrected chi connectivity index (χ2v) is 7.40. The molecule has 0 atom stereocenters. The minimum atomic E-state index is -0.301. The Hall–Kier alpha value is -4.23. The lowest BCUT2D eigenvalue weighted by Gasteiger charge is -2.04. The molecule has 0 fully saturated rings. The van der Waals surface area contributed by atoms with Crippen LogP contribution >= 0.6 is 11.6 Å². The molecular weight excluding hydrogens is 424 g/mol. The van der Waals surface area contributed by atoms with Crippen molar-refractivity contribution in [3.8, 4) is 22.6 Å². The predicted molar refractivity (Wildman–Crippen MR) is 123 cm³/mol. The molecule has 0 bridgehead atoms. The van der Waals surface area contributed by atoms with Gasteiger partial charge < -0.3 is 5.32 Å². The van der Waals surface area contributed by atoms with E-state index < -0.39 is 0 Å². The van der Waals surface area contributed by atoms with E-state index in [4.69, 9.17) is 11.6 Å². The Morgan fingerprint density at radius 2 is 1.69 bits per heavy atom. The average molecular weight is 441 g/mol. The highest BCUT2D eigenvalue weighted by molar-refractivity contribution is 6.32. The van der Waals surface area contributed by atoms with Gasteiger partial charge in [-0.1, -0.05) is 41.9 Å². The first-order valence-corrected chi connectivity index (χ1v) is 10.2. The third-order valence-corrected chi connectivity index (χ3v) is 5.17. The van der Waals surface area contributed by atoms with Crippen molar-refractivity contribution in [3.63, 3.8) is 0 Å². The molecule has 3 aromatic heterocycles. The summed E-state index contributed by atoms with van der Waals surface area (Å²) >= 11 is 6.25. The Labute approximate surface area is 188 Å². The van der Waals surface area contributed by atoms with E-state index in [0.717, 1.165) is 16.9 Å². The Balaban J connectivity index is 1.48. The summed E-state index contributed by atoms with van der Waals surface area (Å²) in [5, 5.41) is 12.4. The van der Waals surface area contributed by atoms with Crippen molar-refractivity contribution in [3.05, 3.63) is 108 Å². The molecule has 3 heterocycles. The van der Waals surface area contributed by atoms with Crippen molar-refractivity contribution in [2.75, 3.05) is 5.32 Å². The van der Waals surface area contributed by atoms with Gasteiger partial charge in [0.2, 0.25) is 0 Å². The summed E-state index contributed by atoms with van der Waals surface area (Å²) in [6, 6.07) is 20.7. The second kappa shape index (κ2) is 8.49. The van der Waals surface area contributed by atoms with Gasteiger partial charge in [0.25, 0.3) is 5.91 Å². The molecule has 5 rings (SSSR count). The van der Waals surface area contributed by atoms with Gasteiger partial charge in [-0.3, -0.25) is 9.78 Å². The van der Waals surface area contributed by atoms with E-state index in [1.807, 2.05) is 60.7 Å². The van der Waals surface area contributed by atoms with Gasteiger partial charge in [0.05, 0.1) is 40.0 Å². The van der Waals surface area contributed by atoms with Gasteiger partial charge in [0.15, 0.2) is 0 Å². The van der Waals surface area contributed by atoms with Crippen molar-refractivity contribution >= 4 is 23.2 Å². The largest absolute Gasteiger partial charge is 0.319 e. The van der Waals surface area contributed by atoms with Gasteiger partial charge in [-0.15, -0.1) is 0 Å². The molecule has 0 spiro atoms. The van der Waals surface area contributed by atoms with Crippen molar-refractivity contribution in [1.29, 1.82) is 0 Å². The fourth-order valence-electron chi connectivity index (χ4n) is 3.32. The lowest BCUT2D eigenvalue weighted by molar-refractivity contribution is 0.102. The monoisotopic (exact) mass is 440 g/mol. The zero-order valence-corrected chi connectivity index (χ0v) is 17.5. The summed E-state index contributed by atoms with van der Waals surface area (Å²) in [5.74, 6) is -0.301. The molecule has 1 N–H and O–H groups in total. The van der Waals surface area contributed by atoms with Crippen LogP contribution in [-0.2, 0) is 0 Å². The molecule has 0 radical (unpaired) electrons. The van der Waals surface area contributed by atoms with Crippen molar-refractivity contribution in [2.45, 2.75) is 0 Å². The maximum atomic E-state index is 13.2. The lowest BCUT2D eigenvalue weighted by Crippen LogP contribution is -2.12. The van der Waals surface area contributed by atoms with Crippen molar-refractivity contribution in [1.82, 2.24) is 24.5 Å². The highest BCUT2D eigenvalue weighted by Gasteiger charge is 2.19. The summed E-state index contributed by atoms with van der Waals surface area (Å²) < 4.78 is 3.30. The molecule has 5 aromatic rings. The van der Waals surface area contributed by atoms with Gasteiger partial charge >= 0.3 is 0 Å². The van der Waals surface area contributed by atoms with Crippen LogP contribution in [0.5, 0.6) is 0 Å². The summed E-state index contributed by atoms with van der Waals surface area (Å²) in [4.78, 5) is 17.4. The van der Waals surface area contributed by atoms with Gasteiger partial charge in [-0.2, -0.15) is 10.2 Å². The Morgan fingerprint density at radius 3 is 2.47 bits per heavy atom. The molecule has 8 heteroatoms. The average Bonchev–Trinajstić information content (AvgIpc) is 3.48. The molecule has 0 saturated heterocycles. The van der Waals surface area contributed by atoms with E-state index in [1.54, 1.807) is 46.4 Å². The molecule has 2 aromatic carbocycles. The fourth-order valence-corrected chi connectivity index (χ4v) is 3.55. The summed E-state index contributed by atoms with van der Waals surface area (Å²) in [7, 11) is 0. The maximum Gasteiger partial charge on any atom is 0.259 e. The topological polar surface area (TPSA) is 77.6 Å². The molecule has 0 aliphatic heterocycles. The normalized spacial score (nSPS) is 10.8. The lowest BCUT2D eigenvalue weighted by atomic mass is 10.1. The number of pyridine rings is 1. The summed E-state index contributed by atoms with van der Waals surface area (Å²) in [5.41, 5.74) is 3.83. The third-order valence-electron chi connectivity index (χ3n) is 4.85. The number of halogens is 1. The number of aromatic nitrogens is 5. The molecule has 0 saturated carbocycles. The molecule has 156 valence electrons. The fraction of sp³-hybridized carbons (Fsp3) is 0. The van der Waals surface area contributed by atoms with Gasteiger partial charge in [-0.25, -0.2) is 9.36 Å². The first kappa shape index (κ1) is 19.7. The van der Waals surface area contributed by atoms with Crippen LogP contribution in [0.2, 0.25) is 5.02 Å². The van der Waals surface area contributed by atoms with Gasteiger partial charge in [-0.05, 0) is 36.4 Å². The molecule has 1 amide bonds. The minimum Gasteiger partial charge on any atom is -0.319 e. The predicted octanol–water partition coefficient (Wildman–Crippen LogP) is 5.03. The number of nitrogens with zero attached hydrogens (tertiary/aromatic N) is 5. The van der Waals surface area contributed by atoms with E-state index in [2.05, 4.69) is 20.5 Å². The van der Waals surface area contributed by atoms with Crippen LogP contribution < -0.4 is 5.32 Å². The smallest absolute Gasteiger partial charge is 0.259 e. The van der Waals surface area contributed by atoms with Crippen molar-refractivity contribution in [2.24, 2.45) is 0 Å². The number of para-hydroxylation sites is 2. The van der Waals surface area contributed by atoms with Crippen LogP contribution in [0.1, 0.15) is 10.4 Å². The van der Waals surface area contributed by atoms with E-state index in [-0.39, 0.29) is 5.91 Å². The van der Waals surface area contributed by atoms with Crippen LogP contribution in [0.15, 0.2) is 97.7 Å². The zero-order chi connectivity index (χ0) is 21.9. The molecule has 7 nitrogen and oxygen atoms in total. The number of amides is 1. The number of hydrogen-bond acceptors (Lipinski definition) is 4. The standard InChI is InChI=1S/C24H17ClN6O/c25-21-10-4-5-11-22(21)31-15-18(14-27-31)28-24(32)20-16-30(19-8-2-1-3-9-19)29-23(20)17-7-6-12-26-13-17/h1-16H,(H,28,32). The quantitative estimate of drug-likeness (QED) is 0.416. The van der Waals surface area contributed by atoms with Crippen LogP contribution in [0, 0.1) is 0 Å². The Kier molecular flexibility index (Phi) is 5.23. The van der Waals surface area contributed by atoms with Crippen LogP contribution in [0.25, 0.3) is 22.6 Å². The van der Waals surface area contributed by atoms with E-state index in [0.29, 0.717) is 22.0 Å². The highest BCUT2D eigenvalue weighted by atomic mass is 35.5. The zero-order valence-electron chi connectivity index (χ0n) is 16.8. The van der Waals surface area contributed by atoms with Crippen LogP contribution in [0.3, 0.4) is 0 Å². The second-order valence-electron chi connectivity index (χ2n) is 6.99. The number of rotatable bonds is 5. The first-order chi connectivity index (χ1) is 15.7. The minimum absolute atomic E-state index is 0.301. The molecule has 0 unspecified atom stereocenters. The third kappa shape index (κ3) is 3.89. The number of carbonyl (C=O) groups is 1. The van der Waals surface area contributed by atoms with Gasteiger partial charge in [0.1, 0.15) is 5.69 Å². The van der Waals surface area contributed by atoms with Crippen LogP contribution in [0.4, 0.5) is 5.69 Å². The number of nitrogens with one attached hydrogen (secondary N) is 1. The molecular formula is C24H17ClN6O. The Bertz CT molecular complexity index is 1380.